The zero-order chi connectivity index (χ0) is 19.3. The minimum absolute atomic E-state index is 0.300. The molecule has 0 heterocycles. The summed E-state index contributed by atoms with van der Waals surface area (Å²) in [6.45, 7) is 10.2. The van der Waals surface area contributed by atoms with Crippen molar-refractivity contribution < 1.29 is 9.53 Å². The third-order valence-electron chi connectivity index (χ3n) is 4.07. The van der Waals surface area contributed by atoms with E-state index in [0.29, 0.717) is 24.5 Å². The first-order valence-electron chi connectivity index (χ1n) is 9.30. The molecule has 1 saturated carbocycles. The number of ether oxygens (including phenoxy) is 1. The lowest BCUT2D eigenvalue weighted by atomic mass is 9.99. The van der Waals surface area contributed by atoms with Crippen LogP contribution in [0.15, 0.2) is 29.3 Å². The van der Waals surface area contributed by atoms with E-state index in [1.165, 1.54) is 5.56 Å². The number of amides is 1. The molecule has 1 unspecified atom stereocenters. The number of aliphatic imine (C=N–C) groups is 1. The van der Waals surface area contributed by atoms with Crippen LogP contribution in [-0.4, -0.2) is 30.2 Å². The lowest BCUT2D eigenvalue weighted by molar-refractivity contribution is 0.0505. The van der Waals surface area contributed by atoms with Gasteiger partial charge in [-0.05, 0) is 50.7 Å². The van der Waals surface area contributed by atoms with Gasteiger partial charge in [-0.1, -0.05) is 38.1 Å². The molecule has 0 saturated heterocycles. The van der Waals surface area contributed by atoms with E-state index in [0.717, 1.165) is 18.4 Å². The summed E-state index contributed by atoms with van der Waals surface area (Å²) < 4.78 is 5.39. The number of hydrogen-bond donors (Lipinski definition) is 3. The highest BCUT2D eigenvalue weighted by atomic mass is 16.6. The number of alkyl carbamates (subject to hydrolysis) is 1. The van der Waals surface area contributed by atoms with E-state index in [-0.39, 0.29) is 6.04 Å². The van der Waals surface area contributed by atoms with Gasteiger partial charge in [0, 0.05) is 6.04 Å². The Morgan fingerprint density at radius 3 is 2.31 bits per heavy atom. The summed E-state index contributed by atoms with van der Waals surface area (Å²) >= 11 is 0. The number of nitrogens with one attached hydrogen (secondary N) is 2. The zero-order valence-electron chi connectivity index (χ0n) is 16.5. The van der Waals surface area contributed by atoms with E-state index in [1.807, 2.05) is 32.9 Å². The summed E-state index contributed by atoms with van der Waals surface area (Å²) in [5.41, 5.74) is 7.61. The maximum absolute atomic E-state index is 12.2. The van der Waals surface area contributed by atoms with Gasteiger partial charge in [-0.2, -0.15) is 0 Å². The zero-order valence-corrected chi connectivity index (χ0v) is 16.5. The number of hydrogen-bond acceptors (Lipinski definition) is 3. The number of benzene rings is 1. The van der Waals surface area contributed by atoms with Crippen LogP contribution in [0.3, 0.4) is 0 Å². The molecule has 0 spiro atoms. The molecular formula is C20H32N4O2. The molecule has 1 aliphatic rings. The monoisotopic (exact) mass is 360 g/mol. The highest BCUT2D eigenvalue weighted by molar-refractivity contribution is 5.78. The molecule has 0 bridgehead atoms. The fourth-order valence-corrected chi connectivity index (χ4v) is 2.47. The van der Waals surface area contributed by atoms with Crippen LogP contribution in [0.5, 0.6) is 0 Å². The first-order valence-corrected chi connectivity index (χ1v) is 9.30. The van der Waals surface area contributed by atoms with Crippen molar-refractivity contribution in [3.63, 3.8) is 0 Å². The van der Waals surface area contributed by atoms with Crippen molar-refractivity contribution in [3.8, 4) is 0 Å². The molecule has 144 valence electrons. The van der Waals surface area contributed by atoms with Crippen LogP contribution in [0.2, 0.25) is 0 Å². The number of guanidine groups is 1. The first kappa shape index (κ1) is 20.1. The Balaban J connectivity index is 2.09. The number of carbonyl (C=O) groups is 1. The molecule has 2 rings (SSSR count). The fraction of sp³-hybridized carbons (Fsp3) is 0.600. The molecule has 1 aliphatic carbocycles. The number of carbonyl (C=O) groups excluding carboxylic acids is 1. The molecule has 1 amide bonds. The molecule has 0 radical (unpaired) electrons. The smallest absolute Gasteiger partial charge is 0.408 e. The maximum Gasteiger partial charge on any atom is 0.408 e. The van der Waals surface area contributed by atoms with Gasteiger partial charge in [0.25, 0.3) is 0 Å². The van der Waals surface area contributed by atoms with Gasteiger partial charge in [0.15, 0.2) is 5.96 Å². The van der Waals surface area contributed by atoms with Gasteiger partial charge in [-0.15, -0.1) is 0 Å². The van der Waals surface area contributed by atoms with Crippen molar-refractivity contribution in [2.75, 3.05) is 6.54 Å². The summed E-state index contributed by atoms with van der Waals surface area (Å²) in [5.74, 6) is 0.875. The molecule has 4 N–H and O–H groups in total. The van der Waals surface area contributed by atoms with E-state index >= 15 is 0 Å². The van der Waals surface area contributed by atoms with E-state index in [4.69, 9.17) is 10.5 Å². The van der Waals surface area contributed by atoms with Crippen LogP contribution in [-0.2, 0) is 4.74 Å². The largest absolute Gasteiger partial charge is 0.444 e. The molecular weight excluding hydrogens is 328 g/mol. The van der Waals surface area contributed by atoms with E-state index in [9.17, 15) is 4.79 Å². The van der Waals surface area contributed by atoms with Crippen LogP contribution in [0, 0.1) is 0 Å². The summed E-state index contributed by atoms with van der Waals surface area (Å²) in [5, 5.41) is 6.07. The Bertz CT molecular complexity index is 628. The van der Waals surface area contributed by atoms with Crippen LogP contribution in [0.4, 0.5) is 4.79 Å². The highest BCUT2D eigenvalue weighted by Gasteiger charge is 2.23. The van der Waals surface area contributed by atoms with Gasteiger partial charge < -0.3 is 21.1 Å². The van der Waals surface area contributed by atoms with Crippen molar-refractivity contribution in [1.29, 1.82) is 0 Å². The summed E-state index contributed by atoms with van der Waals surface area (Å²) in [6.07, 6.45) is 1.80. The second kappa shape index (κ2) is 8.43. The third-order valence-corrected chi connectivity index (χ3v) is 4.07. The van der Waals surface area contributed by atoms with Crippen molar-refractivity contribution in [2.24, 2.45) is 10.7 Å². The van der Waals surface area contributed by atoms with Gasteiger partial charge in [0.1, 0.15) is 5.60 Å². The predicted octanol–water partition coefficient (Wildman–Crippen LogP) is 3.44. The summed E-state index contributed by atoms with van der Waals surface area (Å²) in [4.78, 5) is 16.6. The Kier molecular flexibility index (Phi) is 6.51. The van der Waals surface area contributed by atoms with Crippen molar-refractivity contribution in [2.45, 2.75) is 71.1 Å². The van der Waals surface area contributed by atoms with Crippen LogP contribution < -0.4 is 16.4 Å². The second-order valence-electron chi connectivity index (χ2n) is 8.16. The number of nitrogens with two attached hydrogens (primary N) is 1. The van der Waals surface area contributed by atoms with Crippen molar-refractivity contribution in [1.82, 2.24) is 10.6 Å². The Labute approximate surface area is 156 Å². The molecule has 1 aromatic carbocycles. The molecule has 0 aromatic heterocycles. The lowest BCUT2D eigenvalue weighted by Gasteiger charge is -2.23. The van der Waals surface area contributed by atoms with Gasteiger partial charge in [-0.3, -0.25) is 4.99 Å². The maximum atomic E-state index is 12.2. The van der Waals surface area contributed by atoms with Gasteiger partial charge >= 0.3 is 6.09 Å². The molecule has 0 aliphatic heterocycles. The quantitative estimate of drug-likeness (QED) is 0.535. The Morgan fingerprint density at radius 2 is 1.81 bits per heavy atom. The highest BCUT2D eigenvalue weighted by Crippen LogP contribution is 2.21. The standard InChI is InChI=1S/C20H32N4O2/c1-13(2)14-6-8-15(9-7-14)17(24-19(25)26-20(3,4)5)12-22-18(21)23-16-10-11-16/h6-9,13,16-17H,10-12H2,1-5H3,(H,24,25)(H3,21,22,23). The first-order chi connectivity index (χ1) is 12.1. The fourth-order valence-electron chi connectivity index (χ4n) is 2.47. The topological polar surface area (TPSA) is 88.7 Å². The molecule has 1 fully saturated rings. The molecule has 6 nitrogen and oxygen atoms in total. The predicted molar refractivity (Wildman–Crippen MR) is 105 cm³/mol. The van der Waals surface area contributed by atoms with Crippen molar-refractivity contribution >= 4 is 12.1 Å². The summed E-state index contributed by atoms with van der Waals surface area (Å²) in [6, 6.07) is 8.36. The van der Waals surface area contributed by atoms with Crippen LogP contribution >= 0.6 is 0 Å². The number of nitrogens with zero attached hydrogens (tertiary/aromatic N) is 1. The van der Waals surface area contributed by atoms with E-state index in [2.05, 4.69) is 41.6 Å². The minimum Gasteiger partial charge on any atom is -0.444 e. The second-order valence-corrected chi connectivity index (χ2v) is 8.16. The lowest BCUT2D eigenvalue weighted by Crippen LogP contribution is -2.37. The SMILES string of the molecule is CC(C)c1ccc(C(CN=C(N)NC2CC2)NC(=O)OC(C)(C)C)cc1. The molecule has 26 heavy (non-hydrogen) atoms. The minimum atomic E-state index is -0.550. The summed E-state index contributed by atoms with van der Waals surface area (Å²) in [7, 11) is 0. The molecule has 1 atom stereocenters. The third kappa shape index (κ3) is 6.94. The Hall–Kier alpha value is -2.24. The molecule has 6 heteroatoms. The normalized spacial score (nSPS) is 16.3. The van der Waals surface area contributed by atoms with E-state index in [1.54, 1.807) is 0 Å². The van der Waals surface area contributed by atoms with Gasteiger partial charge in [0.2, 0.25) is 0 Å². The molecule has 1 aromatic rings. The van der Waals surface area contributed by atoms with E-state index < -0.39 is 11.7 Å². The van der Waals surface area contributed by atoms with Gasteiger partial charge in [0.05, 0.1) is 12.6 Å². The average Bonchev–Trinajstić information content (AvgIpc) is 3.33. The average molecular weight is 361 g/mol. The van der Waals surface area contributed by atoms with Crippen LogP contribution in [0.1, 0.15) is 70.5 Å². The van der Waals surface area contributed by atoms with Gasteiger partial charge in [-0.25, -0.2) is 4.79 Å². The Morgan fingerprint density at radius 1 is 1.23 bits per heavy atom. The van der Waals surface area contributed by atoms with Crippen LogP contribution in [0.25, 0.3) is 0 Å². The number of rotatable bonds is 6. The van der Waals surface area contributed by atoms with Crippen molar-refractivity contribution in [3.05, 3.63) is 35.4 Å².